The molecule has 20 heavy (non-hydrogen) atoms. The zero-order chi connectivity index (χ0) is 14.7. The number of halogens is 1. The lowest BCUT2D eigenvalue weighted by Crippen LogP contribution is -1.94. The van der Waals surface area contributed by atoms with Crippen LogP contribution in [0.2, 0.25) is 0 Å². The first-order valence-corrected chi connectivity index (χ1v) is 6.94. The van der Waals surface area contributed by atoms with E-state index in [-0.39, 0.29) is 11.4 Å². The predicted octanol–water partition coefficient (Wildman–Crippen LogP) is 4.42. The van der Waals surface area contributed by atoms with Crippen LogP contribution < -0.4 is 0 Å². The number of benzene rings is 2. The highest BCUT2D eigenvalue weighted by atomic mass is 79.9. The van der Waals surface area contributed by atoms with Crippen molar-refractivity contribution in [3.8, 4) is 0 Å². The standard InChI is InChI=1S/C12H7BrN2O4S/c13-8-1-4-10(5-2-8)20-12-6-3-9(14(16)17)7-11(12)15(18)19/h1-7H. The largest absolute Gasteiger partial charge is 0.290 e. The molecule has 0 heterocycles. The molecule has 0 bridgehead atoms. The highest BCUT2D eigenvalue weighted by Crippen LogP contribution is 2.37. The minimum atomic E-state index is -0.652. The van der Waals surface area contributed by atoms with Gasteiger partial charge in [0.05, 0.1) is 20.8 Å². The number of nitrogens with zero attached hydrogens (tertiary/aromatic N) is 2. The number of hydrogen-bond acceptors (Lipinski definition) is 5. The Morgan fingerprint density at radius 3 is 2.15 bits per heavy atom. The van der Waals surface area contributed by atoms with Gasteiger partial charge in [-0.25, -0.2) is 0 Å². The fourth-order valence-electron chi connectivity index (χ4n) is 1.48. The van der Waals surface area contributed by atoms with Gasteiger partial charge in [0.2, 0.25) is 0 Å². The molecular weight excluding hydrogens is 348 g/mol. The molecule has 2 aromatic carbocycles. The fourth-order valence-corrected chi connectivity index (χ4v) is 2.64. The van der Waals surface area contributed by atoms with Gasteiger partial charge in [-0.3, -0.25) is 20.2 Å². The van der Waals surface area contributed by atoms with E-state index in [4.69, 9.17) is 0 Å². The van der Waals surface area contributed by atoms with Crippen LogP contribution in [-0.2, 0) is 0 Å². The van der Waals surface area contributed by atoms with Crippen molar-refractivity contribution in [3.63, 3.8) is 0 Å². The predicted molar refractivity (Wildman–Crippen MR) is 78.0 cm³/mol. The summed E-state index contributed by atoms with van der Waals surface area (Å²) in [6.45, 7) is 0. The van der Waals surface area contributed by atoms with E-state index in [9.17, 15) is 20.2 Å². The molecule has 0 radical (unpaired) electrons. The Balaban J connectivity index is 2.38. The maximum atomic E-state index is 11.0. The smallest absolute Gasteiger partial charge is 0.258 e. The van der Waals surface area contributed by atoms with Crippen molar-refractivity contribution >= 4 is 39.1 Å². The Hall–Kier alpha value is -1.93. The average molecular weight is 355 g/mol. The molecule has 0 aromatic heterocycles. The quantitative estimate of drug-likeness (QED) is 0.599. The fraction of sp³-hybridized carbons (Fsp3) is 0. The lowest BCUT2D eigenvalue weighted by atomic mass is 10.3. The normalized spacial score (nSPS) is 10.2. The van der Waals surface area contributed by atoms with E-state index in [2.05, 4.69) is 15.9 Å². The first-order valence-electron chi connectivity index (χ1n) is 5.33. The molecule has 6 nitrogen and oxygen atoms in total. The molecule has 0 atom stereocenters. The van der Waals surface area contributed by atoms with E-state index in [0.717, 1.165) is 15.4 Å². The zero-order valence-corrected chi connectivity index (χ0v) is 12.3. The number of nitro benzene ring substituents is 2. The molecule has 0 saturated heterocycles. The van der Waals surface area contributed by atoms with Crippen molar-refractivity contribution in [2.45, 2.75) is 9.79 Å². The van der Waals surface area contributed by atoms with E-state index in [0.29, 0.717) is 4.90 Å². The summed E-state index contributed by atoms with van der Waals surface area (Å²) in [5.41, 5.74) is -0.566. The topological polar surface area (TPSA) is 86.3 Å². The number of rotatable bonds is 4. The summed E-state index contributed by atoms with van der Waals surface area (Å²) in [5.74, 6) is 0. The Morgan fingerprint density at radius 1 is 0.950 bits per heavy atom. The molecule has 0 fully saturated rings. The third kappa shape index (κ3) is 3.34. The third-order valence-electron chi connectivity index (χ3n) is 2.39. The van der Waals surface area contributed by atoms with Crippen LogP contribution in [0.25, 0.3) is 0 Å². The van der Waals surface area contributed by atoms with Gasteiger partial charge in [0, 0.05) is 15.4 Å². The lowest BCUT2D eigenvalue weighted by molar-refractivity contribution is -0.396. The molecular formula is C12H7BrN2O4S. The van der Waals surface area contributed by atoms with E-state index < -0.39 is 9.85 Å². The SMILES string of the molecule is O=[N+]([O-])c1ccc(Sc2ccc(Br)cc2)c([N+](=O)[O-])c1. The van der Waals surface area contributed by atoms with Crippen molar-refractivity contribution in [1.82, 2.24) is 0 Å². The van der Waals surface area contributed by atoms with Crippen LogP contribution in [0, 0.1) is 20.2 Å². The van der Waals surface area contributed by atoms with E-state index in [1.54, 1.807) is 12.1 Å². The summed E-state index contributed by atoms with van der Waals surface area (Å²) in [5, 5.41) is 21.7. The van der Waals surface area contributed by atoms with Gasteiger partial charge in [0.15, 0.2) is 0 Å². The molecule has 0 unspecified atom stereocenters. The Kier molecular flexibility index (Phi) is 4.35. The van der Waals surface area contributed by atoms with Crippen molar-refractivity contribution in [2.75, 3.05) is 0 Å². The van der Waals surface area contributed by atoms with Crippen molar-refractivity contribution in [3.05, 3.63) is 67.2 Å². The first kappa shape index (κ1) is 14.5. The second-order valence-electron chi connectivity index (χ2n) is 3.72. The molecule has 2 rings (SSSR count). The molecule has 0 aliphatic heterocycles. The van der Waals surface area contributed by atoms with Crippen molar-refractivity contribution in [1.29, 1.82) is 0 Å². The summed E-state index contributed by atoms with van der Waals surface area (Å²) in [4.78, 5) is 21.6. The molecule has 0 aliphatic carbocycles. The van der Waals surface area contributed by atoms with E-state index in [1.807, 2.05) is 12.1 Å². The zero-order valence-electron chi connectivity index (χ0n) is 9.86. The van der Waals surface area contributed by atoms with Gasteiger partial charge < -0.3 is 0 Å². The Morgan fingerprint density at radius 2 is 1.60 bits per heavy atom. The molecule has 0 amide bonds. The number of non-ortho nitro benzene ring substituents is 1. The molecule has 8 heteroatoms. The number of hydrogen-bond donors (Lipinski definition) is 0. The molecule has 0 N–H and O–H groups in total. The van der Waals surface area contributed by atoms with Gasteiger partial charge in [0.1, 0.15) is 0 Å². The molecule has 0 saturated carbocycles. The van der Waals surface area contributed by atoms with Crippen LogP contribution >= 0.6 is 27.7 Å². The third-order valence-corrected chi connectivity index (χ3v) is 3.99. The summed E-state index contributed by atoms with van der Waals surface area (Å²) in [6.07, 6.45) is 0. The van der Waals surface area contributed by atoms with Gasteiger partial charge in [-0.05, 0) is 30.3 Å². The highest BCUT2D eigenvalue weighted by Gasteiger charge is 2.20. The van der Waals surface area contributed by atoms with Crippen LogP contribution in [0.15, 0.2) is 56.7 Å². The average Bonchev–Trinajstić information content (AvgIpc) is 2.41. The Labute approximate surface area is 126 Å². The monoisotopic (exact) mass is 354 g/mol. The van der Waals surface area contributed by atoms with Crippen LogP contribution in [0.5, 0.6) is 0 Å². The van der Waals surface area contributed by atoms with Crippen LogP contribution in [0.4, 0.5) is 11.4 Å². The maximum absolute atomic E-state index is 11.0. The van der Waals surface area contributed by atoms with Gasteiger partial charge in [0.25, 0.3) is 11.4 Å². The summed E-state index contributed by atoms with van der Waals surface area (Å²) in [6, 6.07) is 10.9. The van der Waals surface area contributed by atoms with Crippen LogP contribution in [0.3, 0.4) is 0 Å². The molecule has 102 valence electrons. The van der Waals surface area contributed by atoms with Gasteiger partial charge in [-0.2, -0.15) is 0 Å². The van der Waals surface area contributed by atoms with Gasteiger partial charge >= 0.3 is 0 Å². The molecule has 0 aliphatic rings. The van der Waals surface area contributed by atoms with Crippen LogP contribution in [0.1, 0.15) is 0 Å². The highest BCUT2D eigenvalue weighted by molar-refractivity contribution is 9.10. The maximum Gasteiger partial charge on any atom is 0.290 e. The summed E-state index contributed by atoms with van der Waals surface area (Å²) < 4.78 is 0.903. The molecule has 2 aromatic rings. The minimum absolute atomic E-state index is 0.271. The Bertz CT molecular complexity index is 676. The summed E-state index contributed by atoms with van der Waals surface area (Å²) >= 11 is 4.49. The van der Waals surface area contributed by atoms with Crippen LogP contribution in [-0.4, -0.2) is 9.85 Å². The van der Waals surface area contributed by atoms with Crippen molar-refractivity contribution < 1.29 is 9.85 Å². The molecule has 0 spiro atoms. The van der Waals surface area contributed by atoms with E-state index >= 15 is 0 Å². The second kappa shape index (κ2) is 6.02. The van der Waals surface area contributed by atoms with Gasteiger partial charge in [-0.1, -0.05) is 27.7 Å². The van der Waals surface area contributed by atoms with E-state index in [1.165, 1.54) is 23.9 Å². The number of nitro groups is 2. The lowest BCUT2D eigenvalue weighted by Gasteiger charge is -2.03. The minimum Gasteiger partial charge on any atom is -0.258 e. The van der Waals surface area contributed by atoms with Gasteiger partial charge in [-0.15, -0.1) is 0 Å². The second-order valence-corrected chi connectivity index (χ2v) is 5.75. The van der Waals surface area contributed by atoms with Crippen molar-refractivity contribution in [2.24, 2.45) is 0 Å². The summed E-state index contributed by atoms with van der Waals surface area (Å²) in [7, 11) is 0. The first-order chi connectivity index (χ1) is 9.47.